The summed E-state index contributed by atoms with van der Waals surface area (Å²) in [5.74, 6) is 0.671. The number of hydrogen-bond acceptors (Lipinski definition) is 4. The molecule has 1 unspecified atom stereocenters. The van der Waals surface area contributed by atoms with Crippen molar-refractivity contribution in [2.75, 3.05) is 0 Å². The summed E-state index contributed by atoms with van der Waals surface area (Å²) in [5, 5.41) is 0. The normalized spacial score (nSPS) is 26.0. The van der Waals surface area contributed by atoms with Gasteiger partial charge in [-0.15, -0.1) is 0 Å². The second-order valence-corrected chi connectivity index (χ2v) is 2.21. The average molecular weight is 150 g/mol. The zero-order chi connectivity index (χ0) is 7.68. The summed E-state index contributed by atoms with van der Waals surface area (Å²) in [6.07, 6.45) is 7.11. The monoisotopic (exact) mass is 150 g/mol. The average Bonchev–Trinajstić information content (AvgIpc) is 2.47. The molecule has 4 heteroatoms. The Morgan fingerprint density at radius 1 is 1.73 bits per heavy atom. The molecule has 0 aliphatic carbocycles. The summed E-state index contributed by atoms with van der Waals surface area (Å²) in [6, 6.07) is -0.263. The van der Waals surface area contributed by atoms with Crippen LogP contribution in [0.4, 0.5) is 0 Å². The highest BCUT2D eigenvalue weighted by Gasteiger charge is 2.23. The van der Waals surface area contributed by atoms with E-state index in [1.165, 1.54) is 12.5 Å². The Balaban J connectivity index is 2.29. The van der Waals surface area contributed by atoms with E-state index in [1.54, 1.807) is 17.3 Å². The van der Waals surface area contributed by atoms with Crippen molar-refractivity contribution in [3.8, 4) is 0 Å². The molecule has 2 aliphatic rings. The van der Waals surface area contributed by atoms with Gasteiger partial charge in [-0.1, -0.05) is 0 Å². The second-order valence-electron chi connectivity index (χ2n) is 2.21. The summed E-state index contributed by atoms with van der Waals surface area (Å²) in [4.78, 5) is 16.1. The zero-order valence-electron chi connectivity index (χ0n) is 5.68. The summed E-state index contributed by atoms with van der Waals surface area (Å²) < 4.78 is 4.86. The predicted octanol–water partition coefficient (Wildman–Crippen LogP) is 0.241. The SMILES string of the molecule is O=CC1C=NC2=COC=CN21. The van der Waals surface area contributed by atoms with E-state index >= 15 is 0 Å². The Bertz CT molecular complexity index is 268. The molecule has 2 heterocycles. The molecule has 0 saturated heterocycles. The summed E-state index contributed by atoms with van der Waals surface area (Å²) in [6.45, 7) is 0. The minimum atomic E-state index is -0.263. The number of aliphatic imine (C=N–C) groups is 1. The lowest BCUT2D eigenvalue weighted by molar-refractivity contribution is -0.109. The highest BCUT2D eigenvalue weighted by molar-refractivity contribution is 5.88. The van der Waals surface area contributed by atoms with Gasteiger partial charge in [0, 0.05) is 12.4 Å². The van der Waals surface area contributed by atoms with Gasteiger partial charge >= 0.3 is 0 Å². The van der Waals surface area contributed by atoms with Crippen LogP contribution in [0.2, 0.25) is 0 Å². The highest BCUT2D eigenvalue weighted by Crippen LogP contribution is 2.19. The van der Waals surface area contributed by atoms with Crippen LogP contribution < -0.4 is 0 Å². The highest BCUT2D eigenvalue weighted by atomic mass is 16.5. The standard InChI is InChI=1S/C7H6N2O2/c10-4-6-3-8-7-5-11-2-1-9(6)7/h1-6H. The molecule has 2 rings (SSSR count). The Morgan fingerprint density at radius 3 is 3.45 bits per heavy atom. The predicted molar refractivity (Wildman–Crippen MR) is 38.5 cm³/mol. The Morgan fingerprint density at radius 2 is 2.64 bits per heavy atom. The third-order valence-electron chi connectivity index (χ3n) is 1.56. The van der Waals surface area contributed by atoms with Crippen LogP contribution in [0, 0.1) is 0 Å². The van der Waals surface area contributed by atoms with Crippen molar-refractivity contribution in [2.45, 2.75) is 6.04 Å². The van der Waals surface area contributed by atoms with Crippen molar-refractivity contribution >= 4 is 12.5 Å². The smallest absolute Gasteiger partial charge is 0.169 e. The van der Waals surface area contributed by atoms with Crippen molar-refractivity contribution in [3.63, 3.8) is 0 Å². The molecule has 1 atom stereocenters. The van der Waals surface area contributed by atoms with Gasteiger partial charge in [0.15, 0.2) is 5.82 Å². The molecule has 2 aliphatic heterocycles. The number of ether oxygens (including phenoxy) is 1. The van der Waals surface area contributed by atoms with Crippen molar-refractivity contribution in [1.82, 2.24) is 4.90 Å². The Hall–Kier alpha value is -1.58. The minimum Gasteiger partial charge on any atom is -0.467 e. The summed E-state index contributed by atoms with van der Waals surface area (Å²) >= 11 is 0. The van der Waals surface area contributed by atoms with Crippen molar-refractivity contribution in [2.24, 2.45) is 4.99 Å². The molecule has 0 amide bonds. The van der Waals surface area contributed by atoms with Crippen LogP contribution in [0.5, 0.6) is 0 Å². The van der Waals surface area contributed by atoms with Crippen molar-refractivity contribution in [3.05, 3.63) is 24.5 Å². The molecule has 11 heavy (non-hydrogen) atoms. The molecule has 0 aromatic carbocycles. The lowest BCUT2D eigenvalue weighted by Crippen LogP contribution is -2.27. The molecule has 0 N–H and O–H groups in total. The summed E-state index contributed by atoms with van der Waals surface area (Å²) in [5.41, 5.74) is 0. The topological polar surface area (TPSA) is 41.9 Å². The van der Waals surface area contributed by atoms with Gasteiger partial charge in [-0.2, -0.15) is 0 Å². The molecular formula is C7H6N2O2. The fraction of sp³-hybridized carbons (Fsp3) is 0.143. The van der Waals surface area contributed by atoms with Gasteiger partial charge in [0.05, 0.1) is 0 Å². The van der Waals surface area contributed by atoms with Gasteiger partial charge in [0.1, 0.15) is 24.9 Å². The third kappa shape index (κ3) is 0.832. The van der Waals surface area contributed by atoms with E-state index < -0.39 is 0 Å². The van der Waals surface area contributed by atoms with Gasteiger partial charge in [-0.3, -0.25) is 0 Å². The lowest BCUT2D eigenvalue weighted by Gasteiger charge is -2.19. The van der Waals surface area contributed by atoms with Gasteiger partial charge < -0.3 is 14.4 Å². The number of carbonyl (C=O) groups is 1. The van der Waals surface area contributed by atoms with E-state index in [-0.39, 0.29) is 6.04 Å². The van der Waals surface area contributed by atoms with Crippen LogP contribution in [0.3, 0.4) is 0 Å². The van der Waals surface area contributed by atoms with Crippen LogP contribution in [0.15, 0.2) is 29.5 Å². The fourth-order valence-corrected chi connectivity index (χ4v) is 1.01. The molecular weight excluding hydrogens is 144 g/mol. The summed E-state index contributed by atoms with van der Waals surface area (Å²) in [7, 11) is 0. The first-order valence-electron chi connectivity index (χ1n) is 3.22. The maximum atomic E-state index is 10.4. The number of nitrogens with zero attached hydrogens (tertiary/aromatic N) is 2. The molecule has 0 radical (unpaired) electrons. The molecule has 0 aromatic rings. The minimum absolute atomic E-state index is 0.263. The first-order chi connectivity index (χ1) is 5.42. The van der Waals surface area contributed by atoms with Gasteiger partial charge in [0.2, 0.25) is 0 Å². The molecule has 4 nitrogen and oxygen atoms in total. The lowest BCUT2D eigenvalue weighted by atomic mass is 10.3. The van der Waals surface area contributed by atoms with Crippen LogP contribution in [-0.4, -0.2) is 23.4 Å². The van der Waals surface area contributed by atoms with Gasteiger partial charge in [-0.25, -0.2) is 4.99 Å². The number of fused-ring (bicyclic) bond motifs is 1. The maximum Gasteiger partial charge on any atom is 0.169 e. The largest absolute Gasteiger partial charge is 0.467 e. The number of aldehydes is 1. The number of hydrogen-bond donors (Lipinski definition) is 0. The Kier molecular flexibility index (Phi) is 1.25. The molecule has 0 bridgehead atoms. The third-order valence-corrected chi connectivity index (χ3v) is 1.56. The maximum absolute atomic E-state index is 10.4. The quantitative estimate of drug-likeness (QED) is 0.503. The first-order valence-corrected chi connectivity index (χ1v) is 3.22. The van der Waals surface area contributed by atoms with Crippen LogP contribution in [0.25, 0.3) is 0 Å². The Labute approximate surface area is 63.5 Å². The van der Waals surface area contributed by atoms with Crippen LogP contribution >= 0.6 is 0 Å². The van der Waals surface area contributed by atoms with Gasteiger partial charge in [-0.05, 0) is 0 Å². The molecule has 0 spiro atoms. The van der Waals surface area contributed by atoms with Crippen molar-refractivity contribution in [1.29, 1.82) is 0 Å². The van der Waals surface area contributed by atoms with Gasteiger partial charge in [0.25, 0.3) is 0 Å². The van der Waals surface area contributed by atoms with E-state index in [9.17, 15) is 4.79 Å². The molecule has 0 aromatic heterocycles. The molecule has 56 valence electrons. The van der Waals surface area contributed by atoms with E-state index in [0.29, 0.717) is 5.82 Å². The molecule has 0 saturated carbocycles. The van der Waals surface area contributed by atoms with Crippen molar-refractivity contribution < 1.29 is 9.53 Å². The van der Waals surface area contributed by atoms with Crippen LogP contribution in [0.1, 0.15) is 0 Å². The van der Waals surface area contributed by atoms with E-state index in [2.05, 4.69) is 4.99 Å². The second kappa shape index (κ2) is 2.23. The number of rotatable bonds is 1. The molecule has 0 fully saturated rings. The van der Waals surface area contributed by atoms with Crippen LogP contribution in [-0.2, 0) is 9.53 Å². The number of carbonyl (C=O) groups excluding carboxylic acids is 1. The first kappa shape index (κ1) is 6.15. The zero-order valence-corrected chi connectivity index (χ0v) is 5.68. The van der Waals surface area contributed by atoms with E-state index in [1.807, 2.05) is 0 Å². The van der Waals surface area contributed by atoms with E-state index in [0.717, 1.165) is 6.29 Å². The van der Waals surface area contributed by atoms with E-state index in [4.69, 9.17) is 4.74 Å². The fourth-order valence-electron chi connectivity index (χ4n) is 1.01.